The quantitative estimate of drug-likeness (QED) is 0.473. The van der Waals surface area contributed by atoms with E-state index in [4.69, 9.17) is 5.73 Å². The summed E-state index contributed by atoms with van der Waals surface area (Å²) in [7, 11) is 0. The molecule has 1 aliphatic heterocycles. The highest BCUT2D eigenvalue weighted by Crippen LogP contribution is 2.08. The summed E-state index contributed by atoms with van der Waals surface area (Å²) in [4.78, 5) is 6.42. The lowest BCUT2D eigenvalue weighted by Crippen LogP contribution is -2.38. The molecule has 1 saturated heterocycles. The van der Waals surface area contributed by atoms with E-state index in [0.29, 0.717) is 0 Å². The van der Waals surface area contributed by atoms with Crippen LogP contribution in [0.3, 0.4) is 0 Å². The maximum absolute atomic E-state index is 5.80. The molecule has 0 unspecified atom stereocenters. The van der Waals surface area contributed by atoms with Gasteiger partial charge in [0.05, 0.1) is 0 Å². The fourth-order valence-electron chi connectivity index (χ4n) is 1.56. The number of nitrogens with two attached hydrogens (primary N) is 1. The monoisotopic (exact) mass is 169 g/mol. The standard InChI is InChI=1S/C9H19N3/c1-2-11-9(10)12-7-5-3-4-6-8-12/h2-8H2,1H3,(H2,10,11). The Morgan fingerprint density at radius 3 is 2.33 bits per heavy atom. The number of rotatable bonds is 1. The molecule has 2 N–H and O–H groups in total. The number of hydrogen-bond donors (Lipinski definition) is 1. The highest BCUT2D eigenvalue weighted by atomic mass is 15.2. The zero-order valence-electron chi connectivity index (χ0n) is 7.92. The van der Waals surface area contributed by atoms with Gasteiger partial charge in [-0.1, -0.05) is 12.8 Å². The van der Waals surface area contributed by atoms with Crippen LogP contribution in [0.2, 0.25) is 0 Å². The molecule has 0 amide bonds. The molecule has 0 aromatic heterocycles. The van der Waals surface area contributed by atoms with E-state index in [1.165, 1.54) is 25.7 Å². The predicted octanol–water partition coefficient (Wildman–Crippen LogP) is 1.20. The minimum atomic E-state index is 0.736. The fraction of sp³-hybridized carbons (Fsp3) is 0.889. The third kappa shape index (κ3) is 2.72. The highest BCUT2D eigenvalue weighted by Gasteiger charge is 2.09. The summed E-state index contributed by atoms with van der Waals surface area (Å²) in [6.07, 6.45) is 5.21. The molecule has 1 fully saturated rings. The normalized spacial score (nSPS) is 20.8. The summed E-state index contributed by atoms with van der Waals surface area (Å²) < 4.78 is 0. The molecule has 1 rings (SSSR count). The molecular weight excluding hydrogens is 150 g/mol. The number of likely N-dealkylation sites (tertiary alicyclic amines) is 1. The average Bonchev–Trinajstić information content (AvgIpc) is 2.32. The van der Waals surface area contributed by atoms with Gasteiger partial charge in [0.1, 0.15) is 0 Å². The van der Waals surface area contributed by atoms with E-state index in [2.05, 4.69) is 9.89 Å². The Labute approximate surface area is 74.6 Å². The molecule has 70 valence electrons. The molecule has 1 aliphatic rings. The van der Waals surface area contributed by atoms with Gasteiger partial charge in [-0.05, 0) is 19.8 Å². The number of hydrogen-bond acceptors (Lipinski definition) is 1. The number of nitrogens with zero attached hydrogens (tertiary/aromatic N) is 2. The molecule has 12 heavy (non-hydrogen) atoms. The molecule has 1 heterocycles. The second-order valence-electron chi connectivity index (χ2n) is 3.23. The van der Waals surface area contributed by atoms with E-state index < -0.39 is 0 Å². The second-order valence-corrected chi connectivity index (χ2v) is 3.23. The van der Waals surface area contributed by atoms with Crippen LogP contribution in [0.15, 0.2) is 4.99 Å². The van der Waals surface area contributed by atoms with Crippen molar-refractivity contribution in [1.29, 1.82) is 0 Å². The molecule has 0 aliphatic carbocycles. The van der Waals surface area contributed by atoms with Gasteiger partial charge in [-0.2, -0.15) is 0 Å². The Bertz CT molecular complexity index is 146. The van der Waals surface area contributed by atoms with Crippen LogP contribution < -0.4 is 5.73 Å². The Morgan fingerprint density at radius 1 is 1.25 bits per heavy atom. The van der Waals surface area contributed by atoms with Gasteiger partial charge in [-0.3, -0.25) is 4.99 Å². The van der Waals surface area contributed by atoms with Crippen molar-refractivity contribution < 1.29 is 0 Å². The summed E-state index contributed by atoms with van der Waals surface area (Å²) in [6, 6.07) is 0. The van der Waals surface area contributed by atoms with Gasteiger partial charge >= 0.3 is 0 Å². The van der Waals surface area contributed by atoms with Gasteiger partial charge in [-0.15, -0.1) is 0 Å². The van der Waals surface area contributed by atoms with Crippen molar-refractivity contribution >= 4 is 5.96 Å². The van der Waals surface area contributed by atoms with Gasteiger partial charge in [0.25, 0.3) is 0 Å². The number of aliphatic imine (C=N–C) groups is 1. The summed E-state index contributed by atoms with van der Waals surface area (Å²) in [6.45, 7) is 5.00. The maximum Gasteiger partial charge on any atom is 0.191 e. The van der Waals surface area contributed by atoms with E-state index in [0.717, 1.165) is 25.6 Å². The SMILES string of the molecule is CCN=C(N)N1CCCCCC1. The Morgan fingerprint density at radius 2 is 1.83 bits per heavy atom. The highest BCUT2D eigenvalue weighted by molar-refractivity contribution is 5.78. The lowest BCUT2D eigenvalue weighted by atomic mass is 10.2. The molecular formula is C9H19N3. The topological polar surface area (TPSA) is 41.6 Å². The van der Waals surface area contributed by atoms with Crippen molar-refractivity contribution in [2.75, 3.05) is 19.6 Å². The largest absolute Gasteiger partial charge is 0.370 e. The first-order chi connectivity index (χ1) is 5.84. The van der Waals surface area contributed by atoms with E-state index in [1.54, 1.807) is 0 Å². The molecule has 3 nitrogen and oxygen atoms in total. The van der Waals surface area contributed by atoms with Gasteiger partial charge in [-0.25, -0.2) is 0 Å². The zero-order valence-corrected chi connectivity index (χ0v) is 7.92. The maximum atomic E-state index is 5.80. The Hall–Kier alpha value is -0.730. The minimum Gasteiger partial charge on any atom is -0.370 e. The van der Waals surface area contributed by atoms with Crippen LogP contribution in [0.25, 0.3) is 0 Å². The van der Waals surface area contributed by atoms with E-state index in [9.17, 15) is 0 Å². The summed E-state index contributed by atoms with van der Waals surface area (Å²) in [5, 5.41) is 0. The van der Waals surface area contributed by atoms with E-state index in [-0.39, 0.29) is 0 Å². The second kappa shape index (κ2) is 5.01. The Balaban J connectivity index is 2.42. The van der Waals surface area contributed by atoms with E-state index in [1.807, 2.05) is 6.92 Å². The van der Waals surface area contributed by atoms with Crippen molar-refractivity contribution in [2.24, 2.45) is 10.7 Å². The van der Waals surface area contributed by atoms with Crippen molar-refractivity contribution in [3.63, 3.8) is 0 Å². The summed E-state index contributed by atoms with van der Waals surface area (Å²) in [5.41, 5.74) is 5.80. The first kappa shape index (κ1) is 9.36. The number of guanidine groups is 1. The fourth-order valence-corrected chi connectivity index (χ4v) is 1.56. The van der Waals surface area contributed by atoms with Crippen molar-refractivity contribution in [2.45, 2.75) is 32.6 Å². The molecule has 0 bridgehead atoms. The molecule has 0 atom stereocenters. The van der Waals surface area contributed by atoms with Gasteiger partial charge in [0.2, 0.25) is 0 Å². The molecule has 0 saturated carbocycles. The van der Waals surface area contributed by atoms with Gasteiger partial charge in [0, 0.05) is 19.6 Å². The molecule has 3 heteroatoms. The first-order valence-electron chi connectivity index (χ1n) is 4.89. The van der Waals surface area contributed by atoms with Crippen LogP contribution in [0.1, 0.15) is 32.6 Å². The minimum absolute atomic E-state index is 0.736. The van der Waals surface area contributed by atoms with Crippen molar-refractivity contribution in [3.8, 4) is 0 Å². The summed E-state index contributed by atoms with van der Waals surface area (Å²) in [5.74, 6) is 0.736. The first-order valence-corrected chi connectivity index (χ1v) is 4.89. The molecule has 0 aromatic carbocycles. The molecule has 0 aromatic rings. The summed E-state index contributed by atoms with van der Waals surface area (Å²) >= 11 is 0. The molecule has 0 radical (unpaired) electrons. The third-order valence-corrected chi connectivity index (χ3v) is 2.25. The van der Waals surface area contributed by atoms with Crippen LogP contribution in [0.5, 0.6) is 0 Å². The van der Waals surface area contributed by atoms with Gasteiger partial charge in [0.15, 0.2) is 5.96 Å². The average molecular weight is 169 g/mol. The van der Waals surface area contributed by atoms with Crippen LogP contribution in [-0.4, -0.2) is 30.5 Å². The van der Waals surface area contributed by atoms with Crippen LogP contribution in [0.4, 0.5) is 0 Å². The third-order valence-electron chi connectivity index (χ3n) is 2.25. The van der Waals surface area contributed by atoms with E-state index >= 15 is 0 Å². The predicted molar refractivity (Wildman–Crippen MR) is 52.2 cm³/mol. The molecule has 0 spiro atoms. The van der Waals surface area contributed by atoms with Crippen LogP contribution in [0, 0.1) is 0 Å². The van der Waals surface area contributed by atoms with Crippen molar-refractivity contribution in [3.05, 3.63) is 0 Å². The lowest BCUT2D eigenvalue weighted by molar-refractivity contribution is 0.429. The van der Waals surface area contributed by atoms with Crippen LogP contribution in [-0.2, 0) is 0 Å². The smallest absolute Gasteiger partial charge is 0.191 e. The lowest BCUT2D eigenvalue weighted by Gasteiger charge is -2.20. The van der Waals surface area contributed by atoms with Gasteiger partial charge < -0.3 is 10.6 Å². The zero-order chi connectivity index (χ0) is 8.81. The van der Waals surface area contributed by atoms with Crippen LogP contribution >= 0.6 is 0 Å². The van der Waals surface area contributed by atoms with Crippen molar-refractivity contribution in [1.82, 2.24) is 4.90 Å². The Kier molecular flexibility index (Phi) is 3.91.